The van der Waals surface area contributed by atoms with Crippen LogP contribution in [0, 0.1) is 11.3 Å². The quantitative estimate of drug-likeness (QED) is 0.663. The molecular weight excluding hydrogens is 262 g/mol. The molecule has 0 spiro atoms. The van der Waals surface area contributed by atoms with Crippen molar-refractivity contribution in [3.05, 3.63) is 36.9 Å². The maximum atomic E-state index is 5.85. The minimum absolute atomic E-state index is 0.0386. The van der Waals surface area contributed by atoms with Crippen molar-refractivity contribution in [3.8, 4) is 11.5 Å². The van der Waals surface area contributed by atoms with Gasteiger partial charge in [-0.15, -0.1) is 6.58 Å². The predicted octanol–water partition coefficient (Wildman–Crippen LogP) is 3.90. The molecule has 0 saturated heterocycles. The molecule has 1 aromatic carbocycles. The number of nitrogens with one attached hydrogen (secondary N) is 1. The maximum Gasteiger partial charge on any atom is 0.161 e. The van der Waals surface area contributed by atoms with Crippen molar-refractivity contribution in [1.82, 2.24) is 5.32 Å². The maximum absolute atomic E-state index is 5.85. The van der Waals surface area contributed by atoms with Crippen LogP contribution in [0.3, 0.4) is 0 Å². The summed E-state index contributed by atoms with van der Waals surface area (Å²) in [5.41, 5.74) is 0.0386. The summed E-state index contributed by atoms with van der Waals surface area (Å²) in [6.45, 7) is 13.2. The third-order valence-electron chi connectivity index (χ3n) is 3.57. The molecule has 3 nitrogen and oxygen atoms in total. The summed E-state index contributed by atoms with van der Waals surface area (Å²) in [7, 11) is 1.66. The van der Waals surface area contributed by atoms with E-state index >= 15 is 0 Å². The molecule has 0 radical (unpaired) electrons. The van der Waals surface area contributed by atoms with Gasteiger partial charge in [-0.3, -0.25) is 0 Å². The lowest BCUT2D eigenvalue weighted by Gasteiger charge is -2.27. The molecule has 1 N–H and O–H groups in total. The monoisotopic (exact) mass is 291 g/mol. The van der Waals surface area contributed by atoms with Gasteiger partial charge in [-0.05, 0) is 31.0 Å². The smallest absolute Gasteiger partial charge is 0.161 e. The zero-order valence-electron chi connectivity index (χ0n) is 13.8. The van der Waals surface area contributed by atoms with Gasteiger partial charge in [0.2, 0.25) is 0 Å². The Morgan fingerprint density at radius 2 is 1.95 bits per heavy atom. The van der Waals surface area contributed by atoms with Crippen molar-refractivity contribution in [1.29, 1.82) is 0 Å². The van der Waals surface area contributed by atoms with Gasteiger partial charge in [-0.1, -0.05) is 39.0 Å². The molecule has 118 valence electrons. The van der Waals surface area contributed by atoms with E-state index in [0.29, 0.717) is 12.5 Å². The third-order valence-corrected chi connectivity index (χ3v) is 3.57. The standard InChI is InChI=1S/C18H29NO2/c1-6-18(4,14-19-13-15(2)3)11-12-21-17-10-8-7-9-16(17)20-5/h6-10,15,19H,1,11-14H2,2-5H3. The van der Waals surface area contributed by atoms with Crippen molar-refractivity contribution in [2.24, 2.45) is 11.3 Å². The summed E-state index contributed by atoms with van der Waals surface area (Å²) in [5.74, 6) is 2.22. The first-order valence-corrected chi connectivity index (χ1v) is 7.61. The van der Waals surface area contributed by atoms with E-state index in [1.807, 2.05) is 30.3 Å². The van der Waals surface area contributed by atoms with E-state index in [-0.39, 0.29) is 5.41 Å². The van der Waals surface area contributed by atoms with Gasteiger partial charge >= 0.3 is 0 Å². The van der Waals surface area contributed by atoms with E-state index in [9.17, 15) is 0 Å². The SMILES string of the molecule is C=CC(C)(CCOc1ccccc1OC)CNCC(C)C. The number of methoxy groups -OCH3 is 1. The van der Waals surface area contributed by atoms with Crippen LogP contribution in [0.2, 0.25) is 0 Å². The summed E-state index contributed by atoms with van der Waals surface area (Å²) < 4.78 is 11.1. The molecular formula is C18H29NO2. The lowest BCUT2D eigenvalue weighted by molar-refractivity contribution is 0.235. The van der Waals surface area contributed by atoms with Crippen molar-refractivity contribution in [2.75, 3.05) is 26.8 Å². The highest BCUT2D eigenvalue weighted by Crippen LogP contribution is 2.28. The van der Waals surface area contributed by atoms with Gasteiger partial charge in [0.1, 0.15) is 0 Å². The van der Waals surface area contributed by atoms with Gasteiger partial charge in [0.05, 0.1) is 13.7 Å². The van der Waals surface area contributed by atoms with Crippen LogP contribution >= 0.6 is 0 Å². The highest BCUT2D eigenvalue weighted by atomic mass is 16.5. The van der Waals surface area contributed by atoms with Crippen LogP contribution in [0.5, 0.6) is 11.5 Å². The normalized spacial score (nSPS) is 13.8. The van der Waals surface area contributed by atoms with E-state index < -0.39 is 0 Å². The number of hydrogen-bond donors (Lipinski definition) is 1. The number of rotatable bonds is 10. The first-order valence-electron chi connectivity index (χ1n) is 7.61. The fraction of sp³-hybridized carbons (Fsp3) is 0.556. The van der Waals surface area contributed by atoms with Crippen LogP contribution in [-0.2, 0) is 0 Å². The molecule has 0 heterocycles. The molecule has 1 rings (SSSR count). The van der Waals surface area contributed by atoms with Crippen molar-refractivity contribution in [3.63, 3.8) is 0 Å². The fourth-order valence-corrected chi connectivity index (χ4v) is 2.04. The van der Waals surface area contributed by atoms with Gasteiger partial charge in [0.25, 0.3) is 0 Å². The largest absolute Gasteiger partial charge is 0.493 e. The molecule has 1 unspecified atom stereocenters. The average Bonchev–Trinajstić information content (AvgIpc) is 2.47. The first kappa shape index (κ1) is 17.6. The zero-order valence-corrected chi connectivity index (χ0v) is 13.8. The summed E-state index contributed by atoms with van der Waals surface area (Å²) in [4.78, 5) is 0. The van der Waals surface area contributed by atoms with Crippen LogP contribution in [0.15, 0.2) is 36.9 Å². The second-order valence-corrected chi connectivity index (χ2v) is 6.13. The van der Waals surface area contributed by atoms with Crippen LogP contribution in [0.1, 0.15) is 27.2 Å². The Morgan fingerprint density at radius 1 is 1.29 bits per heavy atom. The molecule has 21 heavy (non-hydrogen) atoms. The molecule has 3 heteroatoms. The number of ether oxygens (including phenoxy) is 2. The Morgan fingerprint density at radius 3 is 2.52 bits per heavy atom. The molecule has 0 aromatic heterocycles. The molecule has 0 bridgehead atoms. The third kappa shape index (κ3) is 6.21. The Balaban J connectivity index is 2.45. The Bertz CT molecular complexity index is 431. The van der Waals surface area contributed by atoms with Gasteiger partial charge in [0, 0.05) is 12.0 Å². The van der Waals surface area contributed by atoms with E-state index in [1.165, 1.54) is 0 Å². The lowest BCUT2D eigenvalue weighted by Crippen LogP contribution is -2.33. The lowest BCUT2D eigenvalue weighted by atomic mass is 9.87. The minimum Gasteiger partial charge on any atom is -0.493 e. The van der Waals surface area contributed by atoms with Gasteiger partial charge in [-0.25, -0.2) is 0 Å². The van der Waals surface area contributed by atoms with Gasteiger partial charge < -0.3 is 14.8 Å². The van der Waals surface area contributed by atoms with E-state index in [4.69, 9.17) is 9.47 Å². The predicted molar refractivity (Wildman–Crippen MR) is 89.1 cm³/mol. The van der Waals surface area contributed by atoms with Crippen molar-refractivity contribution in [2.45, 2.75) is 27.2 Å². The molecule has 0 aliphatic rings. The van der Waals surface area contributed by atoms with E-state index in [0.717, 1.165) is 31.0 Å². The molecule has 0 fully saturated rings. The number of benzene rings is 1. The minimum atomic E-state index is 0.0386. The van der Waals surface area contributed by atoms with Crippen molar-refractivity contribution < 1.29 is 9.47 Å². The highest BCUT2D eigenvalue weighted by Gasteiger charge is 2.20. The zero-order chi connectivity index (χ0) is 15.7. The van der Waals surface area contributed by atoms with Crippen molar-refractivity contribution >= 4 is 0 Å². The number of hydrogen-bond acceptors (Lipinski definition) is 3. The van der Waals surface area contributed by atoms with E-state index in [1.54, 1.807) is 7.11 Å². The average molecular weight is 291 g/mol. The molecule has 0 aliphatic carbocycles. The molecule has 1 atom stereocenters. The molecule has 1 aromatic rings. The Labute approximate surface area is 129 Å². The topological polar surface area (TPSA) is 30.5 Å². The molecule has 0 amide bonds. The fourth-order valence-electron chi connectivity index (χ4n) is 2.04. The molecule has 0 saturated carbocycles. The number of para-hydroxylation sites is 2. The second kappa shape index (κ2) is 8.73. The molecule has 0 aliphatic heterocycles. The van der Waals surface area contributed by atoms with Crippen LogP contribution in [-0.4, -0.2) is 26.8 Å². The highest BCUT2D eigenvalue weighted by molar-refractivity contribution is 5.39. The van der Waals surface area contributed by atoms with Crippen LogP contribution in [0.25, 0.3) is 0 Å². The second-order valence-electron chi connectivity index (χ2n) is 6.13. The van der Waals surface area contributed by atoms with Gasteiger partial charge in [-0.2, -0.15) is 0 Å². The Kier molecular flexibility index (Phi) is 7.30. The summed E-state index contributed by atoms with van der Waals surface area (Å²) in [5, 5.41) is 3.50. The summed E-state index contributed by atoms with van der Waals surface area (Å²) in [6.07, 6.45) is 2.94. The van der Waals surface area contributed by atoms with E-state index in [2.05, 4.69) is 32.7 Å². The van der Waals surface area contributed by atoms with Crippen LogP contribution in [0.4, 0.5) is 0 Å². The summed E-state index contributed by atoms with van der Waals surface area (Å²) >= 11 is 0. The van der Waals surface area contributed by atoms with Gasteiger partial charge in [0.15, 0.2) is 11.5 Å². The summed E-state index contributed by atoms with van der Waals surface area (Å²) in [6, 6.07) is 7.73. The Hall–Kier alpha value is -1.48. The van der Waals surface area contributed by atoms with Crippen LogP contribution < -0.4 is 14.8 Å². The first-order chi connectivity index (χ1) is 10.0.